The van der Waals surface area contributed by atoms with Gasteiger partial charge in [-0.15, -0.1) is 11.3 Å². The Morgan fingerprint density at radius 2 is 1.96 bits per heavy atom. The smallest absolute Gasteiger partial charge is 0.252 e. The highest BCUT2D eigenvalue weighted by molar-refractivity contribution is 7.91. The van der Waals surface area contributed by atoms with Crippen LogP contribution in [0, 0.1) is 17.8 Å². The van der Waals surface area contributed by atoms with Crippen molar-refractivity contribution in [2.45, 2.75) is 49.8 Å². The van der Waals surface area contributed by atoms with Gasteiger partial charge in [0.25, 0.3) is 10.0 Å². The lowest BCUT2D eigenvalue weighted by atomic mass is 9.84. The molecular formula is C18H29N3O3S2. The van der Waals surface area contributed by atoms with Crippen LogP contribution in [0.25, 0.3) is 0 Å². The molecular weight excluding hydrogens is 370 g/mol. The Morgan fingerprint density at radius 1 is 1.27 bits per heavy atom. The van der Waals surface area contributed by atoms with E-state index in [1.165, 1.54) is 15.6 Å². The van der Waals surface area contributed by atoms with Crippen LogP contribution in [0.1, 0.15) is 38.0 Å². The van der Waals surface area contributed by atoms with Gasteiger partial charge >= 0.3 is 0 Å². The van der Waals surface area contributed by atoms with Gasteiger partial charge in [0.1, 0.15) is 4.21 Å². The van der Waals surface area contributed by atoms with Gasteiger partial charge in [-0.1, -0.05) is 13.8 Å². The number of amides is 1. The molecule has 146 valence electrons. The van der Waals surface area contributed by atoms with Crippen molar-refractivity contribution in [3.8, 4) is 0 Å². The number of hydrogen-bond donors (Lipinski definition) is 2. The molecule has 4 unspecified atom stereocenters. The summed E-state index contributed by atoms with van der Waals surface area (Å²) in [5.74, 6) is 0.983. The first-order valence-electron chi connectivity index (χ1n) is 9.50. The SMILES string of the molecule is CCN(CC)S(=O)(=O)c1ccc(CCNC(=O)C2C3CCC(C3)C2N)s1. The zero-order valence-electron chi connectivity index (χ0n) is 15.5. The zero-order chi connectivity index (χ0) is 18.9. The Hall–Kier alpha value is -0.960. The minimum Gasteiger partial charge on any atom is -0.355 e. The Bertz CT molecular complexity index is 741. The molecule has 6 nitrogen and oxygen atoms in total. The maximum Gasteiger partial charge on any atom is 0.252 e. The summed E-state index contributed by atoms with van der Waals surface area (Å²) in [5.41, 5.74) is 6.22. The minimum absolute atomic E-state index is 0.00121. The molecule has 0 aromatic carbocycles. The molecule has 4 atom stereocenters. The van der Waals surface area contributed by atoms with Crippen LogP contribution in [-0.2, 0) is 21.2 Å². The molecule has 8 heteroatoms. The first kappa shape index (κ1) is 19.8. The number of sulfonamides is 1. The van der Waals surface area contributed by atoms with E-state index in [2.05, 4.69) is 5.32 Å². The maximum absolute atomic E-state index is 12.5. The molecule has 0 saturated heterocycles. The molecule has 1 amide bonds. The number of nitrogens with two attached hydrogens (primary N) is 1. The molecule has 26 heavy (non-hydrogen) atoms. The third kappa shape index (κ3) is 3.69. The molecule has 0 spiro atoms. The number of nitrogens with one attached hydrogen (secondary N) is 1. The zero-order valence-corrected chi connectivity index (χ0v) is 17.1. The first-order valence-corrected chi connectivity index (χ1v) is 11.8. The van der Waals surface area contributed by atoms with Crippen molar-refractivity contribution in [1.82, 2.24) is 9.62 Å². The molecule has 3 rings (SSSR count). The number of carbonyl (C=O) groups is 1. The van der Waals surface area contributed by atoms with Gasteiger partial charge in [0.05, 0.1) is 5.92 Å². The highest BCUT2D eigenvalue weighted by atomic mass is 32.2. The quantitative estimate of drug-likeness (QED) is 0.697. The summed E-state index contributed by atoms with van der Waals surface area (Å²) in [7, 11) is -3.40. The lowest BCUT2D eigenvalue weighted by Gasteiger charge is -2.26. The van der Waals surface area contributed by atoms with Gasteiger partial charge in [-0.3, -0.25) is 4.79 Å². The van der Waals surface area contributed by atoms with Crippen molar-refractivity contribution < 1.29 is 13.2 Å². The van der Waals surface area contributed by atoms with Crippen molar-refractivity contribution in [2.24, 2.45) is 23.5 Å². The van der Waals surface area contributed by atoms with Gasteiger partial charge in [0.2, 0.25) is 5.91 Å². The van der Waals surface area contributed by atoms with Crippen LogP contribution in [0.2, 0.25) is 0 Å². The van der Waals surface area contributed by atoms with E-state index in [-0.39, 0.29) is 17.9 Å². The highest BCUT2D eigenvalue weighted by Gasteiger charge is 2.48. The van der Waals surface area contributed by atoms with Crippen LogP contribution in [0.5, 0.6) is 0 Å². The molecule has 2 fully saturated rings. The Kier molecular flexibility index (Phi) is 6.06. The standard InChI is InChI=1S/C18H29N3O3S2/c1-3-21(4-2)26(23,24)15-8-7-14(25-15)9-10-20-18(22)16-12-5-6-13(11-12)17(16)19/h7-8,12-13,16-17H,3-6,9-11,19H2,1-2H3,(H,20,22). The van der Waals surface area contributed by atoms with E-state index in [4.69, 9.17) is 5.73 Å². The molecule has 1 heterocycles. The van der Waals surface area contributed by atoms with E-state index in [9.17, 15) is 13.2 Å². The number of thiophene rings is 1. The molecule has 1 aromatic rings. The molecule has 2 aliphatic rings. The van der Waals surface area contributed by atoms with E-state index in [1.54, 1.807) is 6.07 Å². The van der Waals surface area contributed by atoms with Crippen molar-refractivity contribution in [1.29, 1.82) is 0 Å². The number of fused-ring (bicyclic) bond motifs is 2. The molecule has 0 aliphatic heterocycles. The van der Waals surface area contributed by atoms with Crippen LogP contribution in [0.15, 0.2) is 16.3 Å². The largest absolute Gasteiger partial charge is 0.355 e. The molecule has 3 N–H and O–H groups in total. The van der Waals surface area contributed by atoms with Gasteiger partial charge in [-0.05, 0) is 49.7 Å². The summed E-state index contributed by atoms with van der Waals surface area (Å²) >= 11 is 1.29. The monoisotopic (exact) mass is 399 g/mol. The lowest BCUT2D eigenvalue weighted by molar-refractivity contribution is -0.127. The fourth-order valence-electron chi connectivity index (χ4n) is 4.47. The molecule has 2 saturated carbocycles. The lowest BCUT2D eigenvalue weighted by Crippen LogP contribution is -2.45. The number of carbonyl (C=O) groups excluding carboxylic acids is 1. The summed E-state index contributed by atoms with van der Waals surface area (Å²) in [5, 5.41) is 3.01. The fourth-order valence-corrected chi connectivity index (χ4v) is 7.44. The topological polar surface area (TPSA) is 92.5 Å². The van der Waals surface area contributed by atoms with Gasteiger partial charge in [-0.2, -0.15) is 4.31 Å². The third-order valence-corrected chi connectivity index (χ3v) is 9.55. The van der Waals surface area contributed by atoms with Crippen molar-refractivity contribution in [3.05, 3.63) is 17.0 Å². The van der Waals surface area contributed by atoms with Gasteiger partial charge < -0.3 is 11.1 Å². The number of hydrogen-bond acceptors (Lipinski definition) is 5. The minimum atomic E-state index is -3.40. The van der Waals surface area contributed by atoms with Crippen LogP contribution >= 0.6 is 11.3 Å². The first-order chi connectivity index (χ1) is 12.4. The normalized spacial score (nSPS) is 28.0. The summed E-state index contributed by atoms with van der Waals surface area (Å²) in [4.78, 5) is 13.4. The second-order valence-corrected chi connectivity index (χ2v) is 10.6. The average molecular weight is 400 g/mol. The summed E-state index contributed by atoms with van der Waals surface area (Å²) in [6, 6.07) is 3.51. The highest BCUT2D eigenvalue weighted by Crippen LogP contribution is 2.47. The van der Waals surface area contributed by atoms with Gasteiger partial charge in [-0.25, -0.2) is 8.42 Å². The van der Waals surface area contributed by atoms with Crippen molar-refractivity contribution >= 4 is 27.3 Å². The molecule has 0 radical (unpaired) electrons. The van der Waals surface area contributed by atoms with Crippen LogP contribution in [0.4, 0.5) is 0 Å². The van der Waals surface area contributed by atoms with E-state index in [1.807, 2.05) is 19.9 Å². The van der Waals surface area contributed by atoms with Crippen LogP contribution in [0.3, 0.4) is 0 Å². The summed E-state index contributed by atoms with van der Waals surface area (Å²) in [6.07, 6.45) is 4.01. The van der Waals surface area contributed by atoms with E-state index in [0.717, 1.165) is 24.1 Å². The van der Waals surface area contributed by atoms with Crippen molar-refractivity contribution in [2.75, 3.05) is 19.6 Å². The van der Waals surface area contributed by atoms with Crippen molar-refractivity contribution in [3.63, 3.8) is 0 Å². The second-order valence-electron chi connectivity index (χ2n) is 7.29. The molecule has 2 aliphatic carbocycles. The number of nitrogens with zero attached hydrogens (tertiary/aromatic N) is 1. The fraction of sp³-hybridized carbons (Fsp3) is 0.722. The second kappa shape index (κ2) is 7.96. The Labute approximate surface area is 160 Å². The Balaban J connectivity index is 1.53. The predicted molar refractivity (Wildman–Crippen MR) is 103 cm³/mol. The van der Waals surface area contributed by atoms with E-state index in [0.29, 0.717) is 42.1 Å². The average Bonchev–Trinajstić information content (AvgIpc) is 3.31. The third-order valence-electron chi connectivity index (χ3n) is 5.89. The van der Waals surface area contributed by atoms with Crippen LogP contribution in [-0.4, -0.2) is 44.3 Å². The maximum atomic E-state index is 12.5. The summed E-state index contributed by atoms with van der Waals surface area (Å²) in [6.45, 7) is 5.12. The van der Waals surface area contributed by atoms with Crippen LogP contribution < -0.4 is 11.1 Å². The van der Waals surface area contributed by atoms with Gasteiger partial charge in [0, 0.05) is 30.6 Å². The summed E-state index contributed by atoms with van der Waals surface area (Å²) < 4.78 is 26.9. The van der Waals surface area contributed by atoms with Gasteiger partial charge in [0.15, 0.2) is 0 Å². The van der Waals surface area contributed by atoms with E-state index >= 15 is 0 Å². The number of rotatable bonds is 8. The Morgan fingerprint density at radius 3 is 2.58 bits per heavy atom. The molecule has 2 bridgehead atoms. The molecule has 1 aromatic heterocycles. The predicted octanol–water partition coefficient (Wildman–Crippen LogP) is 1.81. The van der Waals surface area contributed by atoms with E-state index < -0.39 is 10.0 Å².